The Kier molecular flexibility index (Phi) is 7.50. The standard InChI is InChI=1S/C20H20FNO6/c1-26-16-9-15(10-17(11-16)27-2)22-19(24)12-28-20(25)8-7-18(23)13-3-5-14(21)6-4-13/h3-6,9-11H,7-8,12H2,1-2H3,(H,22,24). The van der Waals surface area contributed by atoms with Gasteiger partial charge < -0.3 is 19.5 Å². The number of benzene rings is 2. The summed E-state index contributed by atoms with van der Waals surface area (Å²) < 4.78 is 27.9. The smallest absolute Gasteiger partial charge is 0.306 e. The van der Waals surface area contributed by atoms with Crippen LogP contribution >= 0.6 is 0 Å². The highest BCUT2D eigenvalue weighted by molar-refractivity contribution is 5.98. The molecule has 0 aliphatic heterocycles. The molecule has 0 aliphatic carbocycles. The Labute approximate surface area is 161 Å². The van der Waals surface area contributed by atoms with Gasteiger partial charge in [0.25, 0.3) is 5.91 Å². The summed E-state index contributed by atoms with van der Waals surface area (Å²) in [6.07, 6.45) is -0.282. The molecule has 0 atom stereocenters. The van der Waals surface area contributed by atoms with E-state index in [1.54, 1.807) is 18.2 Å². The molecule has 0 saturated heterocycles. The molecule has 0 aliphatic rings. The van der Waals surface area contributed by atoms with Crippen molar-refractivity contribution >= 4 is 23.3 Å². The maximum atomic E-state index is 12.8. The minimum atomic E-state index is -0.686. The summed E-state index contributed by atoms with van der Waals surface area (Å²) in [6, 6.07) is 9.85. The van der Waals surface area contributed by atoms with Crippen LogP contribution in [0.25, 0.3) is 0 Å². The fourth-order valence-corrected chi connectivity index (χ4v) is 2.29. The minimum absolute atomic E-state index is 0.0980. The maximum absolute atomic E-state index is 12.8. The molecule has 0 aromatic heterocycles. The first kappa shape index (κ1) is 20.9. The molecule has 0 fully saturated rings. The van der Waals surface area contributed by atoms with Gasteiger partial charge in [-0.3, -0.25) is 14.4 Å². The Balaban J connectivity index is 1.78. The first-order valence-electron chi connectivity index (χ1n) is 8.38. The summed E-state index contributed by atoms with van der Waals surface area (Å²) in [5.41, 5.74) is 0.725. The highest BCUT2D eigenvalue weighted by atomic mass is 19.1. The van der Waals surface area contributed by atoms with Crippen LogP contribution in [0.5, 0.6) is 11.5 Å². The second-order valence-corrected chi connectivity index (χ2v) is 5.74. The second-order valence-electron chi connectivity index (χ2n) is 5.74. The van der Waals surface area contributed by atoms with E-state index in [-0.39, 0.29) is 18.6 Å². The van der Waals surface area contributed by atoms with Crippen molar-refractivity contribution in [2.45, 2.75) is 12.8 Å². The molecule has 7 nitrogen and oxygen atoms in total. The van der Waals surface area contributed by atoms with E-state index in [0.717, 1.165) is 0 Å². The van der Waals surface area contributed by atoms with Gasteiger partial charge in [0.2, 0.25) is 0 Å². The summed E-state index contributed by atoms with van der Waals surface area (Å²) in [4.78, 5) is 35.6. The molecule has 0 heterocycles. The van der Waals surface area contributed by atoms with E-state index < -0.39 is 24.3 Å². The van der Waals surface area contributed by atoms with Crippen LogP contribution in [0, 0.1) is 5.82 Å². The molecular formula is C20H20FNO6. The highest BCUT2D eigenvalue weighted by Crippen LogP contribution is 2.25. The summed E-state index contributed by atoms with van der Waals surface area (Å²) in [7, 11) is 2.96. The summed E-state index contributed by atoms with van der Waals surface area (Å²) in [6.45, 7) is -0.497. The number of ether oxygens (including phenoxy) is 3. The number of methoxy groups -OCH3 is 2. The molecule has 1 amide bonds. The molecule has 0 radical (unpaired) electrons. The number of amides is 1. The van der Waals surface area contributed by atoms with Crippen LogP contribution in [0.15, 0.2) is 42.5 Å². The Bertz CT molecular complexity index is 828. The Morgan fingerprint density at radius 1 is 0.929 bits per heavy atom. The molecule has 2 aromatic rings. The second kappa shape index (κ2) is 10.1. The molecule has 2 rings (SSSR count). The van der Waals surface area contributed by atoms with Gasteiger partial charge in [-0.1, -0.05) is 0 Å². The first-order valence-corrected chi connectivity index (χ1v) is 8.38. The van der Waals surface area contributed by atoms with Crippen molar-refractivity contribution in [3.63, 3.8) is 0 Å². The topological polar surface area (TPSA) is 90.9 Å². The van der Waals surface area contributed by atoms with Crippen LogP contribution in [-0.4, -0.2) is 38.5 Å². The van der Waals surface area contributed by atoms with Crippen LogP contribution in [0.4, 0.5) is 10.1 Å². The average Bonchev–Trinajstić information content (AvgIpc) is 2.70. The normalized spacial score (nSPS) is 10.1. The quantitative estimate of drug-likeness (QED) is 0.524. The third-order valence-electron chi connectivity index (χ3n) is 3.72. The number of ketones is 1. The fourth-order valence-electron chi connectivity index (χ4n) is 2.29. The molecule has 8 heteroatoms. The van der Waals surface area contributed by atoms with Gasteiger partial charge in [-0.2, -0.15) is 0 Å². The lowest BCUT2D eigenvalue weighted by atomic mass is 10.1. The monoisotopic (exact) mass is 389 g/mol. The van der Waals surface area contributed by atoms with E-state index in [4.69, 9.17) is 14.2 Å². The number of Topliss-reactive ketones (excluding diaryl/α,β-unsaturated/α-hetero) is 1. The Hall–Kier alpha value is -3.42. The number of anilines is 1. The molecule has 148 valence electrons. The molecule has 0 unspecified atom stereocenters. The van der Waals surface area contributed by atoms with Gasteiger partial charge in [-0.15, -0.1) is 0 Å². The predicted octanol–water partition coefficient (Wildman–Crippen LogP) is 2.99. The van der Waals surface area contributed by atoms with E-state index in [0.29, 0.717) is 22.7 Å². The molecule has 0 bridgehead atoms. The van der Waals surface area contributed by atoms with Gasteiger partial charge in [0.1, 0.15) is 17.3 Å². The summed E-state index contributed by atoms with van der Waals surface area (Å²) in [5, 5.41) is 2.56. The van der Waals surface area contributed by atoms with Gasteiger partial charge in [0.15, 0.2) is 12.4 Å². The van der Waals surface area contributed by atoms with Gasteiger partial charge in [-0.25, -0.2) is 4.39 Å². The SMILES string of the molecule is COc1cc(NC(=O)COC(=O)CCC(=O)c2ccc(F)cc2)cc(OC)c1. The number of hydrogen-bond acceptors (Lipinski definition) is 6. The molecule has 2 aromatic carbocycles. The molecule has 0 saturated carbocycles. The van der Waals surface area contributed by atoms with Crippen molar-refractivity contribution < 1.29 is 33.0 Å². The molecular weight excluding hydrogens is 369 g/mol. The Morgan fingerprint density at radius 3 is 2.11 bits per heavy atom. The first-order chi connectivity index (χ1) is 13.4. The van der Waals surface area contributed by atoms with Gasteiger partial charge in [0, 0.05) is 35.9 Å². The van der Waals surface area contributed by atoms with Crippen LogP contribution in [0.1, 0.15) is 23.2 Å². The van der Waals surface area contributed by atoms with E-state index in [9.17, 15) is 18.8 Å². The van der Waals surface area contributed by atoms with Crippen molar-refractivity contribution in [2.24, 2.45) is 0 Å². The average molecular weight is 389 g/mol. The van der Waals surface area contributed by atoms with E-state index in [1.165, 1.54) is 38.5 Å². The Morgan fingerprint density at radius 2 is 1.54 bits per heavy atom. The van der Waals surface area contributed by atoms with Crippen molar-refractivity contribution in [3.05, 3.63) is 53.8 Å². The lowest BCUT2D eigenvalue weighted by Crippen LogP contribution is -2.21. The number of rotatable bonds is 9. The summed E-state index contributed by atoms with van der Waals surface area (Å²) in [5.74, 6) is -1.01. The van der Waals surface area contributed by atoms with E-state index >= 15 is 0 Å². The lowest BCUT2D eigenvalue weighted by molar-refractivity contribution is -0.147. The minimum Gasteiger partial charge on any atom is -0.497 e. The third kappa shape index (κ3) is 6.39. The van der Waals surface area contributed by atoms with Crippen molar-refractivity contribution in [1.29, 1.82) is 0 Å². The van der Waals surface area contributed by atoms with Crippen molar-refractivity contribution in [1.82, 2.24) is 0 Å². The molecule has 0 spiro atoms. The van der Waals surface area contributed by atoms with Crippen molar-refractivity contribution in [3.8, 4) is 11.5 Å². The van der Waals surface area contributed by atoms with Crippen LogP contribution in [-0.2, 0) is 14.3 Å². The van der Waals surface area contributed by atoms with Gasteiger partial charge in [-0.05, 0) is 24.3 Å². The van der Waals surface area contributed by atoms with Gasteiger partial charge >= 0.3 is 5.97 Å². The number of carbonyl (C=O) groups excluding carboxylic acids is 3. The van der Waals surface area contributed by atoms with E-state index in [2.05, 4.69) is 5.32 Å². The number of nitrogens with one attached hydrogen (secondary N) is 1. The largest absolute Gasteiger partial charge is 0.497 e. The van der Waals surface area contributed by atoms with Crippen LogP contribution < -0.4 is 14.8 Å². The zero-order valence-electron chi connectivity index (χ0n) is 15.5. The lowest BCUT2D eigenvalue weighted by Gasteiger charge is -2.10. The zero-order chi connectivity index (χ0) is 20.5. The zero-order valence-corrected chi connectivity index (χ0v) is 15.5. The van der Waals surface area contributed by atoms with Gasteiger partial charge in [0.05, 0.1) is 20.6 Å². The maximum Gasteiger partial charge on any atom is 0.306 e. The number of esters is 1. The number of halogens is 1. The molecule has 28 heavy (non-hydrogen) atoms. The van der Waals surface area contributed by atoms with Crippen molar-refractivity contribution in [2.75, 3.05) is 26.1 Å². The highest BCUT2D eigenvalue weighted by Gasteiger charge is 2.13. The number of carbonyl (C=O) groups is 3. The van der Waals surface area contributed by atoms with E-state index in [1.807, 2.05) is 0 Å². The third-order valence-corrected chi connectivity index (χ3v) is 3.72. The van der Waals surface area contributed by atoms with Crippen LogP contribution in [0.2, 0.25) is 0 Å². The fraction of sp³-hybridized carbons (Fsp3) is 0.250. The number of hydrogen-bond donors (Lipinski definition) is 1. The summed E-state index contributed by atoms with van der Waals surface area (Å²) >= 11 is 0. The van der Waals surface area contributed by atoms with Crippen LogP contribution in [0.3, 0.4) is 0 Å². The molecule has 1 N–H and O–H groups in total. The predicted molar refractivity (Wildman–Crippen MR) is 99.1 cm³/mol.